The van der Waals surface area contributed by atoms with Crippen LogP contribution in [0.2, 0.25) is 0 Å². The number of pyridine rings is 1. The third kappa shape index (κ3) is 4.99. The van der Waals surface area contributed by atoms with E-state index in [2.05, 4.69) is 15.6 Å². The van der Waals surface area contributed by atoms with Crippen molar-refractivity contribution < 1.29 is 27.5 Å². The van der Waals surface area contributed by atoms with Crippen LogP contribution in [0, 0.1) is 6.07 Å². The van der Waals surface area contributed by atoms with Gasteiger partial charge < -0.3 is 5.11 Å². The molecule has 200 valence electrons. The molecule has 7 rings (SSSR count). The summed E-state index contributed by atoms with van der Waals surface area (Å²) in [6.07, 6.45) is 0.205. The number of fused-ring (bicyclic) bond motifs is 1. The number of nitrogens with zero attached hydrogens (tertiary/aromatic N) is 3. The topological polar surface area (TPSA) is 50.9 Å². The quantitative estimate of drug-likeness (QED) is 0.182. The first-order valence-electron chi connectivity index (χ1n) is 13.6. The first-order chi connectivity index (χ1) is 20.2. The number of imidazole rings is 1. The van der Waals surface area contributed by atoms with Crippen LogP contribution in [-0.2, 0) is 21.1 Å². The van der Waals surface area contributed by atoms with Crippen molar-refractivity contribution in [3.8, 4) is 56.3 Å². The Morgan fingerprint density at radius 3 is 2.15 bits per heavy atom. The molecule has 0 saturated heterocycles. The molecule has 0 spiro atoms. The predicted octanol–water partition coefficient (Wildman–Crippen LogP) is 8.59. The number of phenols is 1. The molecule has 0 atom stereocenters. The Balaban J connectivity index is 0.00000316. The molecule has 0 saturated carbocycles. The van der Waals surface area contributed by atoms with Crippen LogP contribution >= 0.6 is 0 Å². The number of phenolic OH excluding ortho intramolecular Hbond substituents is 1. The van der Waals surface area contributed by atoms with Gasteiger partial charge in [-0.3, -0.25) is 9.55 Å². The molecule has 0 amide bonds. The molecule has 0 fully saturated rings. The summed E-state index contributed by atoms with van der Waals surface area (Å²) < 4.78 is 10.4. The number of hydrogen-bond donors (Lipinski definition) is 1. The van der Waals surface area contributed by atoms with Gasteiger partial charge in [0.1, 0.15) is 11.6 Å². The average Bonchev–Trinajstić information content (AvgIpc) is 3.41. The van der Waals surface area contributed by atoms with Gasteiger partial charge in [0.2, 0.25) is 0 Å². The summed E-state index contributed by atoms with van der Waals surface area (Å²) in [5.41, 5.74) is 8.58. The SMILES string of the molecule is [2H]c1cc(-c2ccccc2)cc(-c2[c-]c(-c3cccc4c3nc(-c3ccccc3O)n4-c3ccccc3)ccc2)n1.[Pt]. The summed E-state index contributed by atoms with van der Waals surface area (Å²) in [5.74, 6) is 0.828. The third-order valence-corrected chi connectivity index (χ3v) is 7.01. The normalized spacial score (nSPS) is 11.2. The van der Waals surface area contributed by atoms with Crippen LogP contribution in [0.3, 0.4) is 0 Å². The van der Waals surface area contributed by atoms with Crippen LogP contribution in [0.25, 0.3) is 61.6 Å². The predicted molar refractivity (Wildman–Crippen MR) is 161 cm³/mol. The summed E-state index contributed by atoms with van der Waals surface area (Å²) in [7, 11) is 0. The van der Waals surface area contributed by atoms with Crippen LogP contribution in [0.4, 0.5) is 0 Å². The van der Waals surface area contributed by atoms with E-state index in [0.717, 1.165) is 44.5 Å². The van der Waals surface area contributed by atoms with Gasteiger partial charge in [0, 0.05) is 38.6 Å². The maximum absolute atomic E-state index is 10.8. The van der Waals surface area contributed by atoms with Crippen LogP contribution in [0.1, 0.15) is 1.37 Å². The molecule has 7 aromatic rings. The summed E-state index contributed by atoms with van der Waals surface area (Å²) in [6, 6.07) is 46.7. The van der Waals surface area contributed by atoms with E-state index in [0.29, 0.717) is 17.1 Å². The van der Waals surface area contributed by atoms with Gasteiger partial charge >= 0.3 is 0 Å². The van der Waals surface area contributed by atoms with Gasteiger partial charge in [0.25, 0.3) is 0 Å². The van der Waals surface area contributed by atoms with Gasteiger partial charge in [-0.05, 0) is 47.5 Å². The minimum atomic E-state index is 0. The fourth-order valence-corrected chi connectivity index (χ4v) is 5.10. The Morgan fingerprint density at radius 2 is 1.34 bits per heavy atom. The van der Waals surface area contributed by atoms with E-state index < -0.39 is 0 Å². The number of hydrogen-bond acceptors (Lipinski definition) is 3. The molecule has 2 aromatic heterocycles. The monoisotopic (exact) mass is 710 g/mol. The summed E-state index contributed by atoms with van der Waals surface area (Å²) >= 11 is 0. The maximum atomic E-state index is 10.8. The van der Waals surface area contributed by atoms with Crippen molar-refractivity contribution in [2.24, 2.45) is 0 Å². The second kappa shape index (κ2) is 11.4. The molecule has 0 aliphatic carbocycles. The Bertz CT molecular complexity index is 2020. The maximum Gasteiger partial charge on any atom is 0.148 e. The van der Waals surface area contributed by atoms with Crippen molar-refractivity contribution >= 4 is 11.0 Å². The Labute approximate surface area is 254 Å². The smallest absolute Gasteiger partial charge is 0.148 e. The number of benzene rings is 5. The molecule has 5 heteroatoms. The largest absolute Gasteiger partial charge is 0.507 e. The molecule has 1 N–H and O–H groups in total. The summed E-state index contributed by atoms with van der Waals surface area (Å²) in [5, 5.41) is 10.8. The van der Waals surface area contributed by atoms with Crippen molar-refractivity contribution in [1.29, 1.82) is 0 Å². The van der Waals surface area contributed by atoms with Crippen LogP contribution in [0.5, 0.6) is 5.75 Å². The molecular formula is C36H24N3OPt-. The number of para-hydroxylation sites is 3. The second-order valence-corrected chi connectivity index (χ2v) is 9.51. The Kier molecular flexibility index (Phi) is 6.98. The van der Waals surface area contributed by atoms with Crippen molar-refractivity contribution in [3.05, 3.63) is 146 Å². The van der Waals surface area contributed by atoms with Crippen LogP contribution < -0.4 is 0 Å². The summed E-state index contributed by atoms with van der Waals surface area (Å²) in [4.78, 5) is 9.63. The van der Waals surface area contributed by atoms with Crippen molar-refractivity contribution in [2.75, 3.05) is 0 Å². The molecule has 2 heterocycles. The first-order valence-corrected chi connectivity index (χ1v) is 13.1. The zero-order valence-electron chi connectivity index (χ0n) is 22.8. The van der Waals surface area contributed by atoms with E-state index in [1.807, 2.05) is 121 Å². The average molecular weight is 711 g/mol. The van der Waals surface area contributed by atoms with E-state index in [1.54, 1.807) is 12.1 Å². The third-order valence-electron chi connectivity index (χ3n) is 7.01. The molecular weight excluding hydrogens is 685 g/mol. The minimum Gasteiger partial charge on any atom is -0.507 e. The second-order valence-electron chi connectivity index (χ2n) is 9.51. The van der Waals surface area contributed by atoms with E-state index in [9.17, 15) is 5.11 Å². The molecule has 4 nitrogen and oxygen atoms in total. The fourth-order valence-electron chi connectivity index (χ4n) is 5.10. The molecule has 41 heavy (non-hydrogen) atoms. The van der Waals surface area contributed by atoms with E-state index >= 15 is 0 Å². The summed E-state index contributed by atoms with van der Waals surface area (Å²) in [6.45, 7) is 0. The number of aromatic nitrogens is 3. The van der Waals surface area contributed by atoms with E-state index in [1.165, 1.54) is 0 Å². The molecule has 0 unspecified atom stereocenters. The van der Waals surface area contributed by atoms with Gasteiger partial charge in [-0.1, -0.05) is 90.0 Å². The van der Waals surface area contributed by atoms with Gasteiger partial charge in [0.05, 0.1) is 18.0 Å². The molecule has 0 bridgehead atoms. The van der Waals surface area contributed by atoms with Crippen LogP contribution in [0.15, 0.2) is 140 Å². The van der Waals surface area contributed by atoms with Crippen molar-refractivity contribution in [1.82, 2.24) is 14.5 Å². The molecule has 0 aliphatic rings. The zero-order valence-corrected chi connectivity index (χ0v) is 24.1. The van der Waals surface area contributed by atoms with Crippen LogP contribution in [-0.4, -0.2) is 19.6 Å². The fraction of sp³-hybridized carbons (Fsp3) is 0. The molecule has 0 aliphatic heterocycles. The molecule has 0 radical (unpaired) electrons. The van der Waals surface area contributed by atoms with Crippen molar-refractivity contribution in [2.45, 2.75) is 0 Å². The number of rotatable bonds is 5. The number of aromatic hydroxyl groups is 1. The van der Waals surface area contributed by atoms with Crippen molar-refractivity contribution in [3.63, 3.8) is 0 Å². The van der Waals surface area contributed by atoms with Gasteiger partial charge in [-0.15, -0.1) is 29.8 Å². The van der Waals surface area contributed by atoms with Gasteiger partial charge in [-0.2, -0.15) is 0 Å². The minimum absolute atomic E-state index is 0. The van der Waals surface area contributed by atoms with Gasteiger partial charge in [-0.25, -0.2) is 4.98 Å². The van der Waals surface area contributed by atoms with E-state index in [-0.39, 0.29) is 33.0 Å². The Morgan fingerprint density at radius 1 is 0.659 bits per heavy atom. The first kappa shape index (κ1) is 25.2. The van der Waals surface area contributed by atoms with E-state index in [4.69, 9.17) is 6.35 Å². The van der Waals surface area contributed by atoms with Gasteiger partial charge in [0.15, 0.2) is 0 Å². The Hall–Kier alpha value is -4.79. The molecule has 5 aromatic carbocycles. The zero-order chi connectivity index (χ0) is 27.8. The standard InChI is InChI=1S/C36H24N3O.Pt/c40-34-20-8-7-17-31(34)36-38-35-30(18-10-19-33(35)39(36)29-15-5-2-6-16-29)27-13-9-14-28(23-27)32-24-26(21-22-37-32)25-11-3-1-4-12-25;/h1-22,24,40H;/q-1;/i22D;.